The highest BCUT2D eigenvalue weighted by atomic mass is 32.2. The van der Waals surface area contributed by atoms with Gasteiger partial charge >= 0.3 is 0 Å². The van der Waals surface area contributed by atoms with Crippen molar-refractivity contribution in [3.63, 3.8) is 0 Å². The van der Waals surface area contributed by atoms with Gasteiger partial charge in [-0.15, -0.1) is 0 Å². The van der Waals surface area contributed by atoms with Gasteiger partial charge in [0.25, 0.3) is 10.0 Å². The van der Waals surface area contributed by atoms with Crippen LogP contribution in [0.4, 0.5) is 11.4 Å². The molecular formula is C24H31N3O3S. The number of likely N-dealkylation sites (tertiary alicyclic amines) is 1. The van der Waals surface area contributed by atoms with Crippen molar-refractivity contribution in [2.75, 3.05) is 35.8 Å². The number of hydrogen-bond donors (Lipinski definition) is 1. The second-order valence-electron chi connectivity index (χ2n) is 9.43. The average molecular weight is 442 g/mol. The number of nitrogens with zero attached hydrogens (tertiary/aromatic N) is 2. The number of benzene rings is 2. The summed E-state index contributed by atoms with van der Waals surface area (Å²) in [5.41, 5.74) is 4.22. The molecule has 2 aliphatic rings. The van der Waals surface area contributed by atoms with Gasteiger partial charge in [-0.3, -0.25) is 9.52 Å². The normalized spacial score (nSPS) is 17.7. The lowest BCUT2D eigenvalue weighted by Gasteiger charge is -2.24. The smallest absolute Gasteiger partial charge is 0.261 e. The van der Waals surface area contributed by atoms with E-state index < -0.39 is 10.0 Å². The number of carbonyl (C=O) groups excluding carboxylic acids is 1. The zero-order valence-electron chi connectivity index (χ0n) is 18.7. The summed E-state index contributed by atoms with van der Waals surface area (Å²) in [5, 5.41) is 0. The van der Waals surface area contributed by atoms with E-state index in [9.17, 15) is 13.2 Å². The van der Waals surface area contributed by atoms with Gasteiger partial charge in [0, 0.05) is 30.7 Å². The summed E-state index contributed by atoms with van der Waals surface area (Å²) in [4.78, 5) is 16.9. The first-order valence-electron chi connectivity index (χ1n) is 10.8. The van der Waals surface area contributed by atoms with Crippen molar-refractivity contribution in [3.05, 3.63) is 53.1 Å². The lowest BCUT2D eigenvalue weighted by Crippen LogP contribution is -2.40. The number of fused-ring (bicyclic) bond motifs is 1. The molecule has 1 saturated heterocycles. The first-order chi connectivity index (χ1) is 14.6. The van der Waals surface area contributed by atoms with E-state index in [1.54, 1.807) is 18.2 Å². The third kappa shape index (κ3) is 4.28. The van der Waals surface area contributed by atoms with Crippen molar-refractivity contribution in [1.29, 1.82) is 0 Å². The van der Waals surface area contributed by atoms with Crippen molar-refractivity contribution in [2.24, 2.45) is 0 Å². The van der Waals surface area contributed by atoms with E-state index in [1.807, 2.05) is 36.9 Å². The van der Waals surface area contributed by atoms with Gasteiger partial charge in [-0.1, -0.05) is 31.5 Å². The van der Waals surface area contributed by atoms with Gasteiger partial charge in [0.15, 0.2) is 0 Å². The quantitative estimate of drug-likeness (QED) is 0.766. The summed E-state index contributed by atoms with van der Waals surface area (Å²) < 4.78 is 28.9. The number of sulfonamides is 1. The molecule has 166 valence electrons. The fourth-order valence-corrected chi connectivity index (χ4v) is 5.81. The highest BCUT2D eigenvalue weighted by molar-refractivity contribution is 7.92. The minimum Gasteiger partial charge on any atom is -0.361 e. The minimum atomic E-state index is -3.72. The molecule has 2 aliphatic heterocycles. The molecule has 2 aromatic rings. The number of anilines is 2. The van der Waals surface area contributed by atoms with Crippen molar-refractivity contribution in [1.82, 2.24) is 4.90 Å². The highest BCUT2D eigenvalue weighted by Crippen LogP contribution is 2.41. The summed E-state index contributed by atoms with van der Waals surface area (Å²) in [6, 6.07) is 10.9. The van der Waals surface area contributed by atoms with Gasteiger partial charge < -0.3 is 9.80 Å². The second kappa shape index (κ2) is 7.86. The Morgan fingerprint density at radius 3 is 2.45 bits per heavy atom. The maximum absolute atomic E-state index is 13.1. The molecule has 4 rings (SSSR count). The zero-order chi connectivity index (χ0) is 22.4. The number of hydrogen-bond acceptors (Lipinski definition) is 4. The predicted molar refractivity (Wildman–Crippen MR) is 124 cm³/mol. The van der Waals surface area contributed by atoms with Crippen LogP contribution >= 0.6 is 0 Å². The molecule has 0 aliphatic carbocycles. The Bertz CT molecular complexity index is 1120. The minimum absolute atomic E-state index is 0.148. The number of rotatable bonds is 5. The fraction of sp³-hybridized carbons (Fsp3) is 0.458. The van der Waals surface area contributed by atoms with Crippen LogP contribution in [0.25, 0.3) is 0 Å². The molecule has 0 unspecified atom stereocenters. The van der Waals surface area contributed by atoms with Gasteiger partial charge in [-0.05, 0) is 62.1 Å². The standard InChI is InChI=1S/C24H31N3O3S/c1-17-7-9-21(18(2)13-17)25-31(29,30)19-8-10-22-20(14-19)24(3,4)16-27(22)15-23(28)26-11-5-6-12-26/h7-10,13-14,25H,5-6,11-12,15-16H2,1-4H3. The van der Waals surface area contributed by atoms with Crippen LogP contribution in [0.15, 0.2) is 41.3 Å². The van der Waals surface area contributed by atoms with Crippen LogP contribution < -0.4 is 9.62 Å². The topological polar surface area (TPSA) is 69.7 Å². The summed E-state index contributed by atoms with van der Waals surface area (Å²) >= 11 is 0. The van der Waals surface area contributed by atoms with Gasteiger partial charge in [0.2, 0.25) is 5.91 Å². The first kappa shape index (κ1) is 21.7. The molecule has 2 heterocycles. The molecule has 0 aromatic heterocycles. The van der Waals surface area contributed by atoms with E-state index in [0.717, 1.165) is 48.3 Å². The highest BCUT2D eigenvalue weighted by Gasteiger charge is 2.37. The number of amides is 1. The summed E-state index contributed by atoms with van der Waals surface area (Å²) in [6.07, 6.45) is 2.14. The Morgan fingerprint density at radius 1 is 1.06 bits per heavy atom. The summed E-state index contributed by atoms with van der Waals surface area (Å²) in [5.74, 6) is 0.148. The molecule has 7 heteroatoms. The SMILES string of the molecule is Cc1ccc(NS(=O)(=O)c2ccc3c(c2)C(C)(C)CN3CC(=O)N2CCCC2)c(C)c1. The van der Waals surface area contributed by atoms with Gasteiger partial charge in [-0.25, -0.2) is 8.42 Å². The Morgan fingerprint density at radius 2 is 1.77 bits per heavy atom. The second-order valence-corrected chi connectivity index (χ2v) is 11.1. The van der Waals surface area contributed by atoms with E-state index in [1.165, 1.54) is 0 Å². The van der Waals surface area contributed by atoms with Crippen LogP contribution in [0.2, 0.25) is 0 Å². The third-order valence-electron chi connectivity index (χ3n) is 6.35. The van der Waals surface area contributed by atoms with Crippen LogP contribution in [0.5, 0.6) is 0 Å². The molecule has 0 atom stereocenters. The molecule has 31 heavy (non-hydrogen) atoms. The van der Waals surface area contributed by atoms with Crippen LogP contribution in [-0.4, -0.2) is 45.4 Å². The Hall–Kier alpha value is -2.54. The summed E-state index contributed by atoms with van der Waals surface area (Å²) in [6.45, 7) is 10.8. The van der Waals surface area contributed by atoms with E-state index >= 15 is 0 Å². The first-order valence-corrected chi connectivity index (χ1v) is 12.3. The van der Waals surface area contributed by atoms with Crippen molar-refractivity contribution >= 4 is 27.3 Å². The van der Waals surface area contributed by atoms with E-state index in [2.05, 4.69) is 23.5 Å². The lowest BCUT2D eigenvalue weighted by atomic mass is 9.87. The van der Waals surface area contributed by atoms with Crippen molar-refractivity contribution < 1.29 is 13.2 Å². The predicted octanol–water partition coefficient (Wildman–Crippen LogP) is 3.82. The molecular weight excluding hydrogens is 410 g/mol. The van der Waals surface area contributed by atoms with Crippen molar-refractivity contribution in [3.8, 4) is 0 Å². The largest absolute Gasteiger partial charge is 0.361 e. The van der Waals surface area contributed by atoms with E-state index in [4.69, 9.17) is 0 Å². The van der Waals surface area contributed by atoms with Gasteiger partial charge in [0.05, 0.1) is 17.1 Å². The zero-order valence-corrected chi connectivity index (χ0v) is 19.6. The molecule has 6 nitrogen and oxygen atoms in total. The number of aryl methyl sites for hydroxylation is 2. The molecule has 1 fully saturated rings. The monoisotopic (exact) mass is 441 g/mol. The number of carbonyl (C=O) groups is 1. The molecule has 2 aromatic carbocycles. The Kier molecular flexibility index (Phi) is 5.50. The Balaban J connectivity index is 1.60. The molecule has 0 radical (unpaired) electrons. The molecule has 0 saturated carbocycles. The van der Waals surface area contributed by atoms with Crippen molar-refractivity contribution in [2.45, 2.75) is 50.8 Å². The van der Waals surface area contributed by atoms with Crippen LogP contribution in [0.3, 0.4) is 0 Å². The molecule has 0 bridgehead atoms. The summed E-state index contributed by atoms with van der Waals surface area (Å²) in [7, 11) is -3.72. The Labute approximate surface area is 185 Å². The third-order valence-corrected chi connectivity index (χ3v) is 7.71. The maximum Gasteiger partial charge on any atom is 0.261 e. The average Bonchev–Trinajstić information content (AvgIpc) is 3.31. The fourth-order valence-electron chi connectivity index (χ4n) is 4.65. The van der Waals surface area contributed by atoms with E-state index in [-0.39, 0.29) is 16.2 Å². The molecule has 0 spiro atoms. The number of nitrogens with one attached hydrogen (secondary N) is 1. The van der Waals surface area contributed by atoms with Crippen LogP contribution in [0.1, 0.15) is 43.4 Å². The lowest BCUT2D eigenvalue weighted by molar-refractivity contribution is -0.128. The van der Waals surface area contributed by atoms with Crippen LogP contribution in [-0.2, 0) is 20.2 Å². The molecule has 1 N–H and O–H groups in total. The maximum atomic E-state index is 13.1. The van der Waals surface area contributed by atoms with E-state index in [0.29, 0.717) is 18.8 Å². The molecule has 1 amide bonds. The van der Waals surface area contributed by atoms with Crippen LogP contribution in [0, 0.1) is 13.8 Å². The van der Waals surface area contributed by atoms with Gasteiger partial charge in [-0.2, -0.15) is 0 Å². The van der Waals surface area contributed by atoms with Gasteiger partial charge in [0.1, 0.15) is 0 Å².